The first-order valence-corrected chi connectivity index (χ1v) is 9.74. The number of fused-ring (bicyclic) bond motifs is 1. The second kappa shape index (κ2) is 6.96. The van der Waals surface area contributed by atoms with Crippen molar-refractivity contribution in [1.82, 2.24) is 0 Å². The van der Waals surface area contributed by atoms with Crippen LogP contribution < -0.4 is 10.1 Å². The van der Waals surface area contributed by atoms with E-state index in [1.807, 2.05) is 19.1 Å². The van der Waals surface area contributed by atoms with Gasteiger partial charge in [0, 0.05) is 28.2 Å². The van der Waals surface area contributed by atoms with E-state index in [0.717, 1.165) is 28.1 Å². The molecule has 0 aliphatic carbocycles. The third-order valence-electron chi connectivity index (χ3n) is 4.75. The summed E-state index contributed by atoms with van der Waals surface area (Å²) in [7, 11) is 0. The van der Waals surface area contributed by atoms with E-state index in [2.05, 4.69) is 54.0 Å². The summed E-state index contributed by atoms with van der Waals surface area (Å²) >= 11 is 1.72. The number of nitrogens with one attached hydrogen (secondary N) is 1. The topological polar surface area (TPSA) is 38.3 Å². The van der Waals surface area contributed by atoms with E-state index in [1.54, 1.807) is 11.3 Å². The molecule has 4 rings (SSSR count). The lowest BCUT2D eigenvalue weighted by molar-refractivity contribution is -0.116. The van der Waals surface area contributed by atoms with Gasteiger partial charge in [0.15, 0.2) is 0 Å². The van der Waals surface area contributed by atoms with Gasteiger partial charge < -0.3 is 10.1 Å². The Labute approximate surface area is 157 Å². The van der Waals surface area contributed by atoms with E-state index in [-0.39, 0.29) is 11.8 Å². The summed E-state index contributed by atoms with van der Waals surface area (Å²) in [5.41, 5.74) is 5.60. The number of anilines is 1. The molecule has 1 aliphatic heterocycles. The molecule has 26 heavy (non-hydrogen) atoms. The van der Waals surface area contributed by atoms with Crippen molar-refractivity contribution < 1.29 is 9.53 Å². The number of hydrogen-bond donors (Lipinski definition) is 1. The minimum absolute atomic E-state index is 0.0724. The summed E-state index contributed by atoms with van der Waals surface area (Å²) in [6.07, 6.45) is 0.481. The van der Waals surface area contributed by atoms with Crippen LogP contribution >= 0.6 is 11.3 Å². The lowest BCUT2D eigenvalue weighted by atomic mass is 9.89. The molecular weight excluding hydrogens is 342 g/mol. The molecular formula is C22H21NO2S. The summed E-state index contributed by atoms with van der Waals surface area (Å²) in [5, 5.41) is 5.26. The standard InChI is InChI=1S/C22H21NO2S/c1-3-25-17-10-8-15(9-11-17)18-12-20(24)23-21-19(13-26-22(18)21)16-6-4-14(2)5-7-16/h4-11,13,18H,3,12H2,1-2H3,(H,23,24)/t18-/m1/s1. The van der Waals surface area contributed by atoms with Gasteiger partial charge >= 0.3 is 0 Å². The minimum atomic E-state index is 0.0724. The molecule has 0 unspecified atom stereocenters. The van der Waals surface area contributed by atoms with Crippen LogP contribution in [0.4, 0.5) is 5.69 Å². The first-order chi connectivity index (χ1) is 12.7. The van der Waals surface area contributed by atoms with Gasteiger partial charge in [-0.15, -0.1) is 11.3 Å². The van der Waals surface area contributed by atoms with Crippen molar-refractivity contribution in [3.05, 3.63) is 69.9 Å². The molecule has 0 saturated heterocycles. The molecule has 3 nitrogen and oxygen atoms in total. The van der Waals surface area contributed by atoms with Crippen LogP contribution in [0.1, 0.15) is 35.3 Å². The number of amides is 1. The number of ether oxygens (including phenoxy) is 1. The fourth-order valence-electron chi connectivity index (χ4n) is 3.40. The normalized spacial score (nSPS) is 16.1. The molecule has 1 N–H and O–H groups in total. The Hall–Kier alpha value is -2.59. The van der Waals surface area contributed by atoms with Crippen LogP contribution in [0.25, 0.3) is 11.1 Å². The highest BCUT2D eigenvalue weighted by Crippen LogP contribution is 2.46. The number of aryl methyl sites for hydroxylation is 1. The average Bonchev–Trinajstić information content (AvgIpc) is 3.06. The highest BCUT2D eigenvalue weighted by Gasteiger charge is 2.30. The number of benzene rings is 2. The van der Waals surface area contributed by atoms with E-state index in [1.165, 1.54) is 10.4 Å². The Morgan fingerprint density at radius 3 is 2.54 bits per heavy atom. The molecule has 0 bridgehead atoms. The maximum Gasteiger partial charge on any atom is 0.225 e. The second-order valence-electron chi connectivity index (χ2n) is 6.56. The lowest BCUT2D eigenvalue weighted by Gasteiger charge is -2.24. The van der Waals surface area contributed by atoms with Gasteiger partial charge in [-0.2, -0.15) is 0 Å². The monoisotopic (exact) mass is 363 g/mol. The quantitative estimate of drug-likeness (QED) is 0.655. The van der Waals surface area contributed by atoms with Gasteiger partial charge in [0.25, 0.3) is 0 Å². The van der Waals surface area contributed by atoms with E-state index in [9.17, 15) is 4.79 Å². The van der Waals surface area contributed by atoms with Gasteiger partial charge in [0.2, 0.25) is 5.91 Å². The van der Waals surface area contributed by atoms with Gasteiger partial charge in [0.05, 0.1) is 12.3 Å². The van der Waals surface area contributed by atoms with Crippen LogP contribution in [0.5, 0.6) is 5.75 Å². The molecule has 0 fully saturated rings. The zero-order chi connectivity index (χ0) is 18.1. The molecule has 1 aromatic heterocycles. The number of rotatable bonds is 4. The van der Waals surface area contributed by atoms with Crippen molar-refractivity contribution in [2.45, 2.75) is 26.2 Å². The fraction of sp³-hybridized carbons (Fsp3) is 0.227. The molecule has 1 amide bonds. The smallest absolute Gasteiger partial charge is 0.225 e. The molecule has 2 aromatic carbocycles. The summed E-state index contributed by atoms with van der Waals surface area (Å²) in [6, 6.07) is 16.6. The van der Waals surface area contributed by atoms with Crippen LogP contribution in [0, 0.1) is 6.92 Å². The molecule has 4 heteroatoms. The Bertz CT molecular complexity index is 926. The van der Waals surface area contributed by atoms with E-state index in [0.29, 0.717) is 13.0 Å². The summed E-state index contributed by atoms with van der Waals surface area (Å²) < 4.78 is 5.53. The SMILES string of the molecule is CCOc1ccc([C@H]2CC(=O)Nc3c(-c4ccc(C)cc4)csc32)cc1. The highest BCUT2D eigenvalue weighted by molar-refractivity contribution is 7.11. The minimum Gasteiger partial charge on any atom is -0.494 e. The van der Waals surface area contributed by atoms with E-state index < -0.39 is 0 Å². The Balaban J connectivity index is 1.72. The van der Waals surface area contributed by atoms with Crippen molar-refractivity contribution in [1.29, 1.82) is 0 Å². The van der Waals surface area contributed by atoms with Gasteiger partial charge in [-0.3, -0.25) is 4.79 Å². The van der Waals surface area contributed by atoms with Gasteiger partial charge in [-0.1, -0.05) is 42.0 Å². The lowest BCUT2D eigenvalue weighted by Crippen LogP contribution is -2.22. The van der Waals surface area contributed by atoms with E-state index >= 15 is 0 Å². The maximum atomic E-state index is 12.4. The van der Waals surface area contributed by atoms with Crippen molar-refractivity contribution in [3.63, 3.8) is 0 Å². The van der Waals surface area contributed by atoms with Crippen molar-refractivity contribution in [2.24, 2.45) is 0 Å². The third kappa shape index (κ3) is 3.13. The zero-order valence-electron chi connectivity index (χ0n) is 14.9. The molecule has 3 aromatic rings. The number of thiophene rings is 1. The van der Waals surface area contributed by atoms with Crippen molar-refractivity contribution >= 4 is 22.9 Å². The van der Waals surface area contributed by atoms with Crippen molar-refractivity contribution in [2.75, 3.05) is 11.9 Å². The average molecular weight is 363 g/mol. The molecule has 0 saturated carbocycles. The first kappa shape index (κ1) is 16.9. The van der Waals surface area contributed by atoms with Gasteiger partial charge in [0.1, 0.15) is 5.75 Å². The number of hydrogen-bond acceptors (Lipinski definition) is 3. The molecule has 0 spiro atoms. The molecule has 0 radical (unpaired) electrons. The molecule has 132 valence electrons. The second-order valence-corrected chi connectivity index (χ2v) is 7.47. The van der Waals surface area contributed by atoms with Crippen LogP contribution in [0.2, 0.25) is 0 Å². The van der Waals surface area contributed by atoms with Gasteiger partial charge in [-0.25, -0.2) is 0 Å². The zero-order valence-corrected chi connectivity index (χ0v) is 15.7. The van der Waals surface area contributed by atoms with Crippen LogP contribution in [-0.2, 0) is 4.79 Å². The molecule has 1 atom stereocenters. The fourth-order valence-corrected chi connectivity index (χ4v) is 4.57. The van der Waals surface area contributed by atoms with Crippen LogP contribution in [0.15, 0.2) is 53.9 Å². The first-order valence-electron chi connectivity index (χ1n) is 8.86. The Morgan fingerprint density at radius 1 is 1.12 bits per heavy atom. The predicted molar refractivity (Wildman–Crippen MR) is 107 cm³/mol. The van der Waals surface area contributed by atoms with Crippen LogP contribution in [0.3, 0.4) is 0 Å². The summed E-state index contributed by atoms with van der Waals surface area (Å²) in [6.45, 7) is 4.71. The maximum absolute atomic E-state index is 12.4. The highest BCUT2D eigenvalue weighted by atomic mass is 32.1. The van der Waals surface area contributed by atoms with Crippen molar-refractivity contribution in [3.8, 4) is 16.9 Å². The summed E-state index contributed by atoms with van der Waals surface area (Å²) in [5.74, 6) is 1.03. The molecule has 2 heterocycles. The Kier molecular flexibility index (Phi) is 4.51. The van der Waals surface area contributed by atoms with Gasteiger partial charge in [-0.05, 0) is 37.1 Å². The molecule has 1 aliphatic rings. The Morgan fingerprint density at radius 2 is 1.85 bits per heavy atom. The predicted octanol–water partition coefficient (Wildman–Crippen LogP) is 5.60. The van der Waals surface area contributed by atoms with E-state index in [4.69, 9.17) is 4.74 Å². The van der Waals surface area contributed by atoms with Crippen LogP contribution in [-0.4, -0.2) is 12.5 Å². The largest absolute Gasteiger partial charge is 0.494 e. The number of carbonyl (C=O) groups excluding carboxylic acids is 1. The summed E-state index contributed by atoms with van der Waals surface area (Å²) in [4.78, 5) is 13.6. The third-order valence-corrected chi connectivity index (χ3v) is 5.84. The number of carbonyl (C=O) groups is 1.